The average Bonchev–Trinajstić information content (AvgIpc) is 2.54. The number of likely N-dealkylation sites (N-methyl/N-ethyl adjacent to an activating group) is 1. The van der Waals surface area contributed by atoms with Gasteiger partial charge in [0.25, 0.3) is 0 Å². The summed E-state index contributed by atoms with van der Waals surface area (Å²) in [5.74, 6) is 1.01. The molecule has 0 saturated carbocycles. The van der Waals surface area contributed by atoms with Gasteiger partial charge in [0.05, 0.1) is 0 Å². The third kappa shape index (κ3) is 4.53. The molecule has 0 amide bonds. The molecule has 0 saturated heterocycles. The molecule has 0 fully saturated rings. The maximum atomic E-state index is 4.47. The molecule has 1 atom stereocenters. The normalized spacial score (nSPS) is 12.1. The van der Waals surface area contributed by atoms with E-state index >= 15 is 0 Å². The van der Waals surface area contributed by atoms with E-state index in [1.807, 2.05) is 24.5 Å². The minimum Gasteiger partial charge on any atom is -0.359 e. The second-order valence-corrected chi connectivity index (χ2v) is 5.22. The van der Waals surface area contributed by atoms with Gasteiger partial charge in [-0.3, -0.25) is 4.98 Å². The first-order valence-electron chi connectivity index (χ1n) is 7.51. The number of nitrogens with one attached hydrogen (secondary N) is 1. The SMILES string of the molecule is CCNC(C)c1ccnc(N(C)CCc2ccccn2)c1. The number of nitrogens with zero attached hydrogens (tertiary/aromatic N) is 3. The molecule has 112 valence electrons. The number of hydrogen-bond donors (Lipinski definition) is 1. The quantitative estimate of drug-likeness (QED) is 0.849. The first-order valence-corrected chi connectivity index (χ1v) is 7.51. The molecule has 2 rings (SSSR count). The number of hydrogen-bond acceptors (Lipinski definition) is 4. The molecule has 2 aromatic rings. The third-order valence-electron chi connectivity index (χ3n) is 3.60. The fraction of sp³-hybridized carbons (Fsp3) is 0.412. The summed E-state index contributed by atoms with van der Waals surface area (Å²) in [6, 6.07) is 10.6. The molecule has 21 heavy (non-hydrogen) atoms. The summed E-state index contributed by atoms with van der Waals surface area (Å²) in [7, 11) is 2.08. The van der Waals surface area contributed by atoms with Crippen molar-refractivity contribution in [3.8, 4) is 0 Å². The second kappa shape index (κ2) is 7.74. The molecule has 0 bridgehead atoms. The van der Waals surface area contributed by atoms with Crippen LogP contribution in [0.4, 0.5) is 5.82 Å². The van der Waals surface area contributed by atoms with Crippen LogP contribution in [-0.4, -0.2) is 30.1 Å². The van der Waals surface area contributed by atoms with Crippen LogP contribution in [0.3, 0.4) is 0 Å². The van der Waals surface area contributed by atoms with E-state index in [1.54, 1.807) is 0 Å². The average molecular weight is 284 g/mol. The van der Waals surface area contributed by atoms with Crippen LogP contribution in [0, 0.1) is 0 Å². The van der Waals surface area contributed by atoms with Crippen molar-refractivity contribution in [2.75, 3.05) is 25.0 Å². The Balaban J connectivity index is 1.98. The van der Waals surface area contributed by atoms with E-state index in [0.29, 0.717) is 6.04 Å². The van der Waals surface area contributed by atoms with E-state index in [0.717, 1.165) is 31.0 Å². The smallest absolute Gasteiger partial charge is 0.128 e. The highest BCUT2D eigenvalue weighted by molar-refractivity contribution is 5.41. The third-order valence-corrected chi connectivity index (χ3v) is 3.60. The summed E-state index contributed by atoms with van der Waals surface area (Å²) >= 11 is 0. The molecule has 0 aromatic carbocycles. The summed E-state index contributed by atoms with van der Waals surface area (Å²) in [5, 5.41) is 3.43. The van der Waals surface area contributed by atoms with Crippen LogP contribution in [0.1, 0.15) is 31.1 Å². The molecule has 1 unspecified atom stereocenters. The van der Waals surface area contributed by atoms with Crippen LogP contribution in [-0.2, 0) is 6.42 Å². The summed E-state index contributed by atoms with van der Waals surface area (Å²) in [4.78, 5) is 11.0. The molecule has 4 nitrogen and oxygen atoms in total. The first-order chi connectivity index (χ1) is 10.2. The van der Waals surface area contributed by atoms with Gasteiger partial charge in [0.2, 0.25) is 0 Å². The van der Waals surface area contributed by atoms with Gasteiger partial charge in [-0.25, -0.2) is 4.98 Å². The standard InChI is InChI=1S/C17H24N4/c1-4-18-14(2)15-8-11-20-17(13-15)21(3)12-9-16-7-5-6-10-19-16/h5-8,10-11,13-14,18H,4,9,12H2,1-3H3. The van der Waals surface area contributed by atoms with Crippen molar-refractivity contribution in [3.05, 3.63) is 54.0 Å². The predicted molar refractivity (Wildman–Crippen MR) is 87.5 cm³/mol. The van der Waals surface area contributed by atoms with Crippen LogP contribution < -0.4 is 10.2 Å². The second-order valence-electron chi connectivity index (χ2n) is 5.22. The summed E-state index contributed by atoms with van der Waals surface area (Å²) in [6.45, 7) is 6.17. The maximum absolute atomic E-state index is 4.47. The molecule has 4 heteroatoms. The molecule has 0 aliphatic carbocycles. The van der Waals surface area contributed by atoms with Crippen molar-refractivity contribution in [1.82, 2.24) is 15.3 Å². The van der Waals surface area contributed by atoms with Crippen molar-refractivity contribution < 1.29 is 0 Å². The molecule has 0 aliphatic heterocycles. The number of aromatic nitrogens is 2. The van der Waals surface area contributed by atoms with Gasteiger partial charge < -0.3 is 10.2 Å². The Bertz CT molecular complexity index is 541. The first kappa shape index (κ1) is 15.4. The van der Waals surface area contributed by atoms with E-state index in [2.05, 4.69) is 59.3 Å². The monoisotopic (exact) mass is 284 g/mol. The van der Waals surface area contributed by atoms with E-state index in [4.69, 9.17) is 0 Å². The minimum atomic E-state index is 0.348. The number of rotatable bonds is 7. The van der Waals surface area contributed by atoms with Gasteiger partial charge in [0, 0.05) is 44.1 Å². The molecule has 1 N–H and O–H groups in total. The van der Waals surface area contributed by atoms with Gasteiger partial charge in [0.15, 0.2) is 0 Å². The Labute approximate surface area is 127 Å². The topological polar surface area (TPSA) is 41.1 Å². The van der Waals surface area contributed by atoms with Gasteiger partial charge in [-0.2, -0.15) is 0 Å². The van der Waals surface area contributed by atoms with Crippen LogP contribution in [0.15, 0.2) is 42.7 Å². The van der Waals surface area contributed by atoms with E-state index in [9.17, 15) is 0 Å². The van der Waals surface area contributed by atoms with Gasteiger partial charge >= 0.3 is 0 Å². The van der Waals surface area contributed by atoms with Crippen molar-refractivity contribution >= 4 is 5.82 Å². The highest BCUT2D eigenvalue weighted by Crippen LogP contribution is 2.17. The van der Waals surface area contributed by atoms with E-state index < -0.39 is 0 Å². The van der Waals surface area contributed by atoms with Crippen molar-refractivity contribution in [1.29, 1.82) is 0 Å². The lowest BCUT2D eigenvalue weighted by Gasteiger charge is -2.20. The summed E-state index contributed by atoms with van der Waals surface area (Å²) in [6.07, 6.45) is 4.65. The van der Waals surface area contributed by atoms with E-state index in [-0.39, 0.29) is 0 Å². The Morgan fingerprint density at radius 1 is 1.19 bits per heavy atom. The molecule has 2 heterocycles. The van der Waals surface area contributed by atoms with Crippen LogP contribution in [0.5, 0.6) is 0 Å². The minimum absolute atomic E-state index is 0.348. The van der Waals surface area contributed by atoms with E-state index in [1.165, 1.54) is 5.56 Å². The lowest BCUT2D eigenvalue weighted by atomic mass is 10.1. The molecule has 0 radical (unpaired) electrons. The zero-order valence-corrected chi connectivity index (χ0v) is 13.1. The van der Waals surface area contributed by atoms with Crippen LogP contribution in [0.2, 0.25) is 0 Å². The number of anilines is 1. The van der Waals surface area contributed by atoms with Gasteiger partial charge in [-0.15, -0.1) is 0 Å². The lowest BCUT2D eigenvalue weighted by Crippen LogP contribution is -2.23. The Morgan fingerprint density at radius 2 is 2.05 bits per heavy atom. The molecular formula is C17H24N4. The Kier molecular flexibility index (Phi) is 5.69. The summed E-state index contributed by atoms with van der Waals surface area (Å²) in [5.41, 5.74) is 2.38. The highest BCUT2D eigenvalue weighted by Gasteiger charge is 2.08. The highest BCUT2D eigenvalue weighted by atomic mass is 15.2. The number of pyridine rings is 2. The predicted octanol–water partition coefficient (Wildman–Crippen LogP) is 2.83. The fourth-order valence-electron chi connectivity index (χ4n) is 2.28. The van der Waals surface area contributed by atoms with Crippen molar-refractivity contribution in [2.45, 2.75) is 26.3 Å². The zero-order valence-electron chi connectivity index (χ0n) is 13.1. The van der Waals surface area contributed by atoms with Crippen molar-refractivity contribution in [3.63, 3.8) is 0 Å². The molecule has 0 aliphatic rings. The largest absolute Gasteiger partial charge is 0.359 e. The fourth-order valence-corrected chi connectivity index (χ4v) is 2.28. The van der Waals surface area contributed by atoms with Gasteiger partial charge in [-0.1, -0.05) is 13.0 Å². The van der Waals surface area contributed by atoms with Crippen LogP contribution in [0.25, 0.3) is 0 Å². The summed E-state index contributed by atoms with van der Waals surface area (Å²) < 4.78 is 0. The molecular weight excluding hydrogens is 260 g/mol. The van der Waals surface area contributed by atoms with Gasteiger partial charge in [0.1, 0.15) is 5.82 Å². The van der Waals surface area contributed by atoms with Crippen molar-refractivity contribution in [2.24, 2.45) is 0 Å². The molecule has 2 aromatic heterocycles. The van der Waals surface area contributed by atoms with Crippen LogP contribution >= 0.6 is 0 Å². The molecule has 0 spiro atoms. The zero-order chi connectivity index (χ0) is 15.1. The van der Waals surface area contributed by atoms with Gasteiger partial charge in [-0.05, 0) is 43.3 Å². The Hall–Kier alpha value is -1.94. The lowest BCUT2D eigenvalue weighted by molar-refractivity contribution is 0.597. The Morgan fingerprint density at radius 3 is 2.76 bits per heavy atom. The maximum Gasteiger partial charge on any atom is 0.128 e.